The molecule has 0 spiro atoms. The van der Waals surface area contributed by atoms with Crippen molar-refractivity contribution in [2.75, 3.05) is 17.1 Å². The van der Waals surface area contributed by atoms with Crippen LogP contribution in [0.15, 0.2) is 18.2 Å². The van der Waals surface area contributed by atoms with Gasteiger partial charge in [0.05, 0.1) is 11.9 Å². The average Bonchev–Trinajstić information content (AvgIpc) is 2.40. The van der Waals surface area contributed by atoms with Gasteiger partial charge in [0.2, 0.25) is 15.9 Å². The number of rotatable bonds is 7. The Bertz CT molecular complexity index is 654. The number of carbonyl (C=O) groups is 1. The molecule has 1 N–H and O–H groups in total. The van der Waals surface area contributed by atoms with Crippen molar-refractivity contribution in [3.8, 4) is 0 Å². The molecule has 0 bridgehead atoms. The van der Waals surface area contributed by atoms with Crippen molar-refractivity contribution in [2.24, 2.45) is 5.92 Å². The molecule has 0 unspecified atom stereocenters. The summed E-state index contributed by atoms with van der Waals surface area (Å²) in [6.45, 7) is 10.2. The van der Waals surface area contributed by atoms with Crippen LogP contribution in [-0.2, 0) is 14.8 Å². The normalized spacial score (nSPS) is 13.0. The highest BCUT2D eigenvalue weighted by atomic mass is 32.2. The molecule has 0 fully saturated rings. The molecule has 1 atom stereocenters. The Morgan fingerprint density at radius 3 is 2.26 bits per heavy atom. The van der Waals surface area contributed by atoms with Gasteiger partial charge in [-0.25, -0.2) is 8.42 Å². The van der Waals surface area contributed by atoms with Gasteiger partial charge in [-0.1, -0.05) is 19.9 Å². The number of anilines is 1. The van der Waals surface area contributed by atoms with Crippen LogP contribution in [0, 0.1) is 19.8 Å². The fraction of sp³-hybridized carbons (Fsp3) is 0.588. The predicted molar refractivity (Wildman–Crippen MR) is 95.2 cm³/mol. The summed E-state index contributed by atoms with van der Waals surface area (Å²) < 4.78 is 25.6. The summed E-state index contributed by atoms with van der Waals surface area (Å²) in [5.74, 6) is 0.200. The second-order valence-corrected chi connectivity index (χ2v) is 8.34. The lowest BCUT2D eigenvalue weighted by Crippen LogP contribution is -2.48. The molecule has 23 heavy (non-hydrogen) atoms. The van der Waals surface area contributed by atoms with E-state index in [2.05, 4.69) is 19.2 Å². The smallest absolute Gasteiger partial charge is 0.243 e. The predicted octanol–water partition coefficient (Wildman–Crippen LogP) is 2.62. The van der Waals surface area contributed by atoms with Crippen LogP contribution in [0.25, 0.3) is 0 Å². The van der Waals surface area contributed by atoms with Gasteiger partial charge in [-0.05, 0) is 56.4 Å². The van der Waals surface area contributed by atoms with Crippen LogP contribution in [0.4, 0.5) is 5.69 Å². The lowest BCUT2D eigenvalue weighted by molar-refractivity contribution is -0.121. The number of hydrogen-bond donors (Lipinski definition) is 1. The first kappa shape index (κ1) is 19.5. The Morgan fingerprint density at radius 2 is 1.78 bits per heavy atom. The van der Waals surface area contributed by atoms with E-state index in [0.717, 1.165) is 23.8 Å². The van der Waals surface area contributed by atoms with Crippen molar-refractivity contribution in [1.29, 1.82) is 0 Å². The minimum absolute atomic E-state index is 0.283. The Morgan fingerprint density at radius 1 is 1.17 bits per heavy atom. The summed E-state index contributed by atoms with van der Waals surface area (Å²) in [5, 5.41) is 2.82. The first-order valence-electron chi connectivity index (χ1n) is 7.88. The lowest BCUT2D eigenvalue weighted by atomic mass is 10.1. The van der Waals surface area contributed by atoms with E-state index in [0.29, 0.717) is 18.2 Å². The number of benzene rings is 1. The van der Waals surface area contributed by atoms with Gasteiger partial charge in [0.1, 0.15) is 6.04 Å². The van der Waals surface area contributed by atoms with Crippen LogP contribution in [-0.4, -0.2) is 33.2 Å². The van der Waals surface area contributed by atoms with Gasteiger partial charge < -0.3 is 5.32 Å². The summed E-state index contributed by atoms with van der Waals surface area (Å²) >= 11 is 0. The topological polar surface area (TPSA) is 66.5 Å². The van der Waals surface area contributed by atoms with E-state index in [4.69, 9.17) is 0 Å². The third-order valence-corrected chi connectivity index (χ3v) is 5.10. The second-order valence-electron chi connectivity index (χ2n) is 6.48. The zero-order valence-corrected chi connectivity index (χ0v) is 15.7. The molecule has 130 valence electrons. The fourth-order valence-corrected chi connectivity index (χ4v) is 3.47. The Hall–Kier alpha value is -1.56. The first-order valence-corrected chi connectivity index (χ1v) is 9.73. The van der Waals surface area contributed by atoms with Crippen LogP contribution in [0.5, 0.6) is 0 Å². The van der Waals surface area contributed by atoms with Crippen LogP contribution >= 0.6 is 0 Å². The molecule has 0 saturated heterocycles. The van der Waals surface area contributed by atoms with Crippen LogP contribution < -0.4 is 9.62 Å². The number of hydrogen-bond acceptors (Lipinski definition) is 3. The molecule has 6 heteroatoms. The van der Waals surface area contributed by atoms with Gasteiger partial charge in [0, 0.05) is 6.54 Å². The maximum atomic E-state index is 12.3. The monoisotopic (exact) mass is 340 g/mol. The molecule has 1 aromatic rings. The Kier molecular flexibility index (Phi) is 6.62. The number of amides is 1. The van der Waals surface area contributed by atoms with Crippen molar-refractivity contribution in [2.45, 2.75) is 47.1 Å². The van der Waals surface area contributed by atoms with Gasteiger partial charge in [-0.15, -0.1) is 0 Å². The average molecular weight is 340 g/mol. The van der Waals surface area contributed by atoms with E-state index in [1.165, 1.54) is 4.31 Å². The minimum Gasteiger partial charge on any atom is -0.354 e. The number of sulfonamides is 1. The third-order valence-electron chi connectivity index (χ3n) is 3.85. The summed E-state index contributed by atoms with van der Waals surface area (Å²) in [4.78, 5) is 12.3. The molecule has 0 saturated carbocycles. The standard InChI is InChI=1S/C17H28N2O3S/c1-12(2)9-10-18-17(20)15(5)19(23(6,21)22)16-8-7-13(3)14(4)11-16/h7-8,11-12,15H,9-10H2,1-6H3,(H,18,20)/t15-/m1/s1. The molecule has 0 radical (unpaired) electrons. The van der Waals surface area contributed by atoms with E-state index in [1.807, 2.05) is 19.9 Å². The fourth-order valence-electron chi connectivity index (χ4n) is 2.30. The number of nitrogens with zero attached hydrogens (tertiary/aromatic N) is 1. The van der Waals surface area contributed by atoms with Crippen molar-refractivity contribution in [3.63, 3.8) is 0 Å². The molecular formula is C17H28N2O3S. The Balaban J connectivity index is 3.02. The van der Waals surface area contributed by atoms with Crippen molar-refractivity contribution >= 4 is 21.6 Å². The van der Waals surface area contributed by atoms with Crippen molar-refractivity contribution in [3.05, 3.63) is 29.3 Å². The highest BCUT2D eigenvalue weighted by Gasteiger charge is 2.29. The van der Waals surface area contributed by atoms with Gasteiger partial charge in [-0.2, -0.15) is 0 Å². The minimum atomic E-state index is -3.56. The molecule has 1 aromatic carbocycles. The molecule has 0 aliphatic rings. The summed E-state index contributed by atoms with van der Waals surface area (Å²) in [6.07, 6.45) is 1.99. The summed E-state index contributed by atoms with van der Waals surface area (Å²) in [6, 6.07) is 4.61. The number of carbonyl (C=O) groups excluding carboxylic acids is 1. The lowest BCUT2D eigenvalue weighted by Gasteiger charge is -2.28. The van der Waals surface area contributed by atoms with Gasteiger partial charge in [0.25, 0.3) is 0 Å². The third kappa shape index (κ3) is 5.53. The van der Waals surface area contributed by atoms with E-state index >= 15 is 0 Å². The maximum Gasteiger partial charge on any atom is 0.243 e. The summed E-state index contributed by atoms with van der Waals surface area (Å²) in [7, 11) is -3.56. The van der Waals surface area contributed by atoms with E-state index < -0.39 is 16.1 Å². The largest absolute Gasteiger partial charge is 0.354 e. The maximum absolute atomic E-state index is 12.3. The van der Waals surface area contributed by atoms with Crippen molar-refractivity contribution < 1.29 is 13.2 Å². The molecular weight excluding hydrogens is 312 g/mol. The van der Waals surface area contributed by atoms with E-state index in [9.17, 15) is 13.2 Å². The van der Waals surface area contributed by atoms with Gasteiger partial charge in [0.15, 0.2) is 0 Å². The highest BCUT2D eigenvalue weighted by molar-refractivity contribution is 7.92. The SMILES string of the molecule is Cc1ccc(N([C@H](C)C(=O)NCCC(C)C)S(C)(=O)=O)cc1C. The van der Waals surface area contributed by atoms with Crippen LogP contribution in [0.1, 0.15) is 38.3 Å². The first-order chi connectivity index (χ1) is 10.5. The molecule has 1 rings (SSSR count). The number of nitrogens with one attached hydrogen (secondary N) is 1. The molecule has 0 heterocycles. The second kappa shape index (κ2) is 7.81. The number of aryl methyl sites for hydroxylation is 2. The molecule has 1 amide bonds. The van der Waals surface area contributed by atoms with Crippen molar-refractivity contribution in [1.82, 2.24) is 5.32 Å². The molecule has 0 aliphatic carbocycles. The molecule has 0 aliphatic heterocycles. The molecule has 5 nitrogen and oxygen atoms in total. The van der Waals surface area contributed by atoms with E-state index in [1.54, 1.807) is 19.1 Å². The van der Waals surface area contributed by atoms with Crippen LogP contribution in [0.3, 0.4) is 0 Å². The summed E-state index contributed by atoms with van der Waals surface area (Å²) in [5.41, 5.74) is 2.59. The van der Waals surface area contributed by atoms with Gasteiger partial charge >= 0.3 is 0 Å². The van der Waals surface area contributed by atoms with Crippen LogP contribution in [0.2, 0.25) is 0 Å². The zero-order valence-electron chi connectivity index (χ0n) is 14.9. The quantitative estimate of drug-likeness (QED) is 0.830. The highest BCUT2D eigenvalue weighted by Crippen LogP contribution is 2.23. The van der Waals surface area contributed by atoms with E-state index in [-0.39, 0.29) is 5.91 Å². The molecule has 0 aromatic heterocycles. The Labute approximate surface area is 140 Å². The van der Waals surface area contributed by atoms with Gasteiger partial charge in [-0.3, -0.25) is 9.10 Å². The zero-order chi connectivity index (χ0) is 17.8.